The molecule has 0 N–H and O–H groups in total. The standard InChI is InChI=1S/C27H31N3O6S4/c1-28(18-33-20-35-26(31)29(14-22-6-2-10-37-22)15-23-7-3-11-38-23)19-34-21-36-27(32)30(16-24-8-4-12-39-24)17-25-9-5-13-40-25/h2-13H,14-21H2,1H3. The maximum Gasteiger partial charge on any atom is 0.412 e. The van der Waals surface area contributed by atoms with Gasteiger partial charge in [0.05, 0.1) is 26.2 Å². The molecule has 9 nitrogen and oxygen atoms in total. The van der Waals surface area contributed by atoms with Crippen molar-refractivity contribution in [2.45, 2.75) is 26.2 Å². The Morgan fingerprint density at radius 1 is 0.600 bits per heavy atom. The molecule has 40 heavy (non-hydrogen) atoms. The molecule has 4 rings (SSSR count). The second-order valence-corrected chi connectivity index (χ2v) is 12.7. The van der Waals surface area contributed by atoms with Gasteiger partial charge in [0.15, 0.2) is 13.6 Å². The lowest BCUT2D eigenvalue weighted by molar-refractivity contribution is -0.110. The molecular formula is C27H31N3O6S4. The quantitative estimate of drug-likeness (QED) is 0.102. The zero-order chi connectivity index (χ0) is 28.0. The number of hydrogen-bond donors (Lipinski definition) is 0. The summed E-state index contributed by atoms with van der Waals surface area (Å²) in [6.45, 7) is 1.84. The first kappa shape index (κ1) is 30.2. The van der Waals surface area contributed by atoms with Gasteiger partial charge in [-0.3, -0.25) is 14.7 Å². The average Bonchev–Trinajstić information content (AvgIpc) is 3.77. The van der Waals surface area contributed by atoms with E-state index in [-0.39, 0.29) is 27.0 Å². The molecule has 13 heteroatoms. The van der Waals surface area contributed by atoms with E-state index < -0.39 is 12.2 Å². The topological polar surface area (TPSA) is 80.8 Å². The summed E-state index contributed by atoms with van der Waals surface area (Å²) in [6.07, 6.45) is -0.885. The largest absolute Gasteiger partial charge is 0.422 e. The van der Waals surface area contributed by atoms with Crippen LogP contribution in [0, 0.1) is 0 Å². The minimum atomic E-state index is -0.442. The Kier molecular flexibility index (Phi) is 12.4. The van der Waals surface area contributed by atoms with Crippen LogP contribution in [-0.4, -0.2) is 61.0 Å². The first-order valence-corrected chi connectivity index (χ1v) is 15.9. The fourth-order valence-electron chi connectivity index (χ4n) is 3.52. The molecule has 0 aliphatic heterocycles. The Labute approximate surface area is 249 Å². The Morgan fingerprint density at radius 3 is 1.20 bits per heavy atom. The minimum Gasteiger partial charge on any atom is -0.422 e. The van der Waals surface area contributed by atoms with Gasteiger partial charge in [-0.15, -0.1) is 45.3 Å². The van der Waals surface area contributed by atoms with Crippen molar-refractivity contribution in [2.24, 2.45) is 0 Å². The maximum atomic E-state index is 12.7. The predicted octanol–water partition coefficient (Wildman–Crippen LogP) is 6.71. The van der Waals surface area contributed by atoms with Gasteiger partial charge in [0.25, 0.3) is 0 Å². The van der Waals surface area contributed by atoms with Crippen molar-refractivity contribution in [1.82, 2.24) is 14.7 Å². The fraction of sp³-hybridized carbons (Fsp3) is 0.333. The number of thiophene rings is 4. The number of carbonyl (C=O) groups excluding carboxylic acids is 2. The van der Waals surface area contributed by atoms with Crippen LogP contribution in [0.4, 0.5) is 9.59 Å². The lowest BCUT2D eigenvalue weighted by Crippen LogP contribution is -2.32. The summed E-state index contributed by atoms with van der Waals surface area (Å²) in [5.41, 5.74) is 0. The highest BCUT2D eigenvalue weighted by Gasteiger charge is 2.19. The molecule has 4 aromatic rings. The van der Waals surface area contributed by atoms with Crippen molar-refractivity contribution >= 4 is 57.5 Å². The molecule has 0 atom stereocenters. The van der Waals surface area contributed by atoms with Gasteiger partial charge in [-0.2, -0.15) is 0 Å². The van der Waals surface area contributed by atoms with Gasteiger partial charge < -0.3 is 18.9 Å². The molecule has 0 aliphatic carbocycles. The van der Waals surface area contributed by atoms with E-state index in [1.54, 1.807) is 67.1 Å². The number of nitrogens with zero attached hydrogens (tertiary/aromatic N) is 3. The average molecular weight is 622 g/mol. The van der Waals surface area contributed by atoms with Crippen LogP contribution in [0.2, 0.25) is 0 Å². The minimum absolute atomic E-state index is 0.167. The molecule has 0 bridgehead atoms. The van der Waals surface area contributed by atoms with E-state index in [0.717, 1.165) is 19.5 Å². The van der Waals surface area contributed by atoms with E-state index in [1.807, 2.05) is 70.1 Å². The normalized spacial score (nSPS) is 11.1. The van der Waals surface area contributed by atoms with Crippen molar-refractivity contribution in [2.75, 3.05) is 34.1 Å². The molecule has 0 aliphatic rings. The lowest BCUT2D eigenvalue weighted by atomic mass is 10.4. The molecule has 214 valence electrons. The van der Waals surface area contributed by atoms with Gasteiger partial charge in [-0.05, 0) is 52.8 Å². The zero-order valence-corrected chi connectivity index (χ0v) is 25.3. The molecule has 2 amide bonds. The third kappa shape index (κ3) is 10.3. The van der Waals surface area contributed by atoms with E-state index in [0.29, 0.717) is 26.2 Å². The fourth-order valence-corrected chi connectivity index (χ4v) is 6.40. The molecule has 0 unspecified atom stereocenters. The lowest BCUT2D eigenvalue weighted by Gasteiger charge is -2.22. The van der Waals surface area contributed by atoms with Crippen LogP contribution in [0.1, 0.15) is 19.5 Å². The molecule has 0 radical (unpaired) electrons. The monoisotopic (exact) mass is 621 g/mol. The van der Waals surface area contributed by atoms with Gasteiger partial charge in [0.1, 0.15) is 13.5 Å². The van der Waals surface area contributed by atoms with E-state index >= 15 is 0 Å². The molecule has 0 aromatic carbocycles. The molecule has 4 aromatic heterocycles. The highest BCUT2D eigenvalue weighted by molar-refractivity contribution is 7.10. The third-order valence-corrected chi connectivity index (χ3v) is 8.82. The van der Waals surface area contributed by atoms with E-state index in [2.05, 4.69) is 0 Å². The van der Waals surface area contributed by atoms with Crippen molar-refractivity contribution in [3.05, 3.63) is 89.6 Å². The Balaban J connectivity index is 1.12. The van der Waals surface area contributed by atoms with E-state index in [1.165, 1.54) is 0 Å². The van der Waals surface area contributed by atoms with Crippen molar-refractivity contribution in [1.29, 1.82) is 0 Å². The summed E-state index contributed by atoms with van der Waals surface area (Å²) >= 11 is 6.39. The van der Waals surface area contributed by atoms with E-state index in [9.17, 15) is 9.59 Å². The second-order valence-electron chi connectivity index (χ2n) is 8.61. The van der Waals surface area contributed by atoms with Crippen LogP contribution in [-0.2, 0) is 45.1 Å². The van der Waals surface area contributed by atoms with Gasteiger partial charge in [-0.25, -0.2) is 9.59 Å². The Bertz CT molecular complexity index is 1060. The van der Waals surface area contributed by atoms with Gasteiger partial charge in [-0.1, -0.05) is 24.3 Å². The highest BCUT2D eigenvalue weighted by atomic mass is 32.1. The first-order chi connectivity index (χ1) is 19.6. The summed E-state index contributed by atoms with van der Waals surface area (Å²) in [5.74, 6) is 0. The summed E-state index contributed by atoms with van der Waals surface area (Å²) in [5, 5.41) is 7.94. The number of rotatable bonds is 16. The molecule has 0 saturated carbocycles. The SMILES string of the molecule is CN(COCOC(=O)N(Cc1cccs1)Cc1cccs1)COCOC(=O)N(Cc1cccs1)Cc1cccs1. The first-order valence-electron chi connectivity index (χ1n) is 12.3. The van der Waals surface area contributed by atoms with Gasteiger partial charge >= 0.3 is 12.2 Å². The van der Waals surface area contributed by atoms with Crippen molar-refractivity contribution in [3.8, 4) is 0 Å². The van der Waals surface area contributed by atoms with Crippen LogP contribution < -0.4 is 0 Å². The van der Waals surface area contributed by atoms with E-state index in [4.69, 9.17) is 18.9 Å². The van der Waals surface area contributed by atoms with Crippen LogP contribution in [0.15, 0.2) is 70.1 Å². The summed E-state index contributed by atoms with van der Waals surface area (Å²) < 4.78 is 21.7. The van der Waals surface area contributed by atoms with Crippen LogP contribution >= 0.6 is 45.3 Å². The molecular weight excluding hydrogens is 591 g/mol. The zero-order valence-electron chi connectivity index (χ0n) is 22.0. The molecule has 0 saturated heterocycles. The Morgan fingerprint density at radius 2 is 0.925 bits per heavy atom. The van der Waals surface area contributed by atoms with Gasteiger partial charge in [0, 0.05) is 19.5 Å². The maximum absolute atomic E-state index is 12.7. The summed E-state index contributed by atoms with van der Waals surface area (Å²) in [4.78, 5) is 34.8. The smallest absolute Gasteiger partial charge is 0.412 e. The number of carbonyl (C=O) groups is 2. The second kappa shape index (κ2) is 16.5. The van der Waals surface area contributed by atoms with Crippen LogP contribution in [0.3, 0.4) is 0 Å². The molecule has 0 fully saturated rings. The number of ether oxygens (including phenoxy) is 4. The van der Waals surface area contributed by atoms with Gasteiger partial charge in [0.2, 0.25) is 0 Å². The van der Waals surface area contributed by atoms with Crippen molar-refractivity contribution in [3.63, 3.8) is 0 Å². The van der Waals surface area contributed by atoms with Crippen LogP contribution in [0.5, 0.6) is 0 Å². The third-order valence-electron chi connectivity index (χ3n) is 5.38. The number of hydrogen-bond acceptors (Lipinski definition) is 11. The summed E-state index contributed by atoms with van der Waals surface area (Å²) in [7, 11) is 1.78. The number of amides is 2. The molecule has 0 spiro atoms. The predicted molar refractivity (Wildman–Crippen MR) is 158 cm³/mol. The van der Waals surface area contributed by atoms with Crippen LogP contribution in [0.25, 0.3) is 0 Å². The summed E-state index contributed by atoms with van der Waals surface area (Å²) in [6, 6.07) is 15.8. The molecule has 4 heterocycles. The highest BCUT2D eigenvalue weighted by Crippen LogP contribution is 2.19. The van der Waals surface area contributed by atoms with Crippen molar-refractivity contribution < 1.29 is 28.5 Å². The Hall–Kier alpha value is -2.78.